The molecule has 1 fully saturated rings. The zero-order valence-corrected chi connectivity index (χ0v) is 19.8. The van der Waals surface area contributed by atoms with Gasteiger partial charge in [-0.05, 0) is 29.8 Å². The zero-order valence-electron chi connectivity index (χ0n) is 17.4. The molecule has 4 rings (SSSR count). The molecule has 0 radical (unpaired) electrons. The van der Waals surface area contributed by atoms with Gasteiger partial charge in [0.2, 0.25) is 0 Å². The number of hydrogen-bond acceptors (Lipinski definition) is 3. The van der Waals surface area contributed by atoms with E-state index in [9.17, 15) is 4.39 Å². The molecule has 0 amide bonds. The maximum absolute atomic E-state index is 14.5. The first-order valence-electron chi connectivity index (χ1n) is 10.2. The third kappa shape index (κ3) is 5.96. The quantitative estimate of drug-likeness (QED) is 0.302. The van der Waals surface area contributed by atoms with Crippen molar-refractivity contribution >= 4 is 29.9 Å². The van der Waals surface area contributed by atoms with E-state index in [1.54, 1.807) is 42.5 Å². The molecule has 0 aliphatic carbocycles. The lowest BCUT2D eigenvalue weighted by atomic mass is 10.1. The lowest BCUT2D eigenvalue weighted by Crippen LogP contribution is -2.47. The van der Waals surface area contributed by atoms with Crippen LogP contribution in [0.1, 0.15) is 18.4 Å². The van der Waals surface area contributed by atoms with E-state index in [2.05, 4.69) is 20.2 Å². The molecule has 0 bridgehead atoms. The van der Waals surface area contributed by atoms with Crippen LogP contribution in [-0.2, 0) is 6.54 Å². The van der Waals surface area contributed by atoms with Gasteiger partial charge in [0.05, 0.1) is 12.0 Å². The van der Waals surface area contributed by atoms with Crippen LogP contribution in [-0.4, -0.2) is 46.7 Å². The van der Waals surface area contributed by atoms with Crippen LogP contribution >= 0.6 is 24.0 Å². The number of para-hydroxylation sites is 1. The van der Waals surface area contributed by atoms with Crippen molar-refractivity contribution < 1.29 is 9.13 Å². The molecule has 1 aliphatic rings. The Hall–Kier alpha value is -2.62. The van der Waals surface area contributed by atoms with Gasteiger partial charge >= 0.3 is 0 Å². The van der Waals surface area contributed by atoms with Gasteiger partial charge in [0.25, 0.3) is 0 Å². The van der Waals surface area contributed by atoms with Crippen molar-refractivity contribution in [3.05, 3.63) is 78.6 Å². The molecule has 0 atom stereocenters. The van der Waals surface area contributed by atoms with E-state index >= 15 is 0 Å². The van der Waals surface area contributed by atoms with Gasteiger partial charge in [-0.25, -0.2) is 9.37 Å². The van der Waals surface area contributed by atoms with E-state index in [0.717, 1.165) is 43.2 Å². The Labute approximate surface area is 199 Å². The molecule has 0 saturated carbocycles. The average Bonchev–Trinajstić information content (AvgIpc) is 3.31. The number of nitrogens with zero attached hydrogens (tertiary/aromatic N) is 4. The minimum absolute atomic E-state index is 0. The third-order valence-corrected chi connectivity index (χ3v) is 5.24. The SMILES string of the molecule is CN=C(NCc1ccc(-n2ccnc2)c(F)c1)N1CCC(Oc2ccccc2)CC1.I. The minimum atomic E-state index is -0.277. The second kappa shape index (κ2) is 11.1. The maximum atomic E-state index is 14.5. The first-order valence-corrected chi connectivity index (χ1v) is 10.2. The fraction of sp³-hybridized carbons (Fsp3) is 0.304. The van der Waals surface area contributed by atoms with Crippen molar-refractivity contribution in [2.75, 3.05) is 20.1 Å². The molecule has 8 heteroatoms. The van der Waals surface area contributed by atoms with Crippen LogP contribution < -0.4 is 10.1 Å². The van der Waals surface area contributed by atoms with Gasteiger partial charge in [-0.15, -0.1) is 24.0 Å². The number of rotatable bonds is 5. The monoisotopic (exact) mass is 535 g/mol. The molecule has 1 aliphatic heterocycles. The predicted molar refractivity (Wildman–Crippen MR) is 131 cm³/mol. The second-order valence-electron chi connectivity index (χ2n) is 7.27. The summed E-state index contributed by atoms with van der Waals surface area (Å²) in [5.74, 6) is 1.47. The molecule has 1 saturated heterocycles. The number of guanidine groups is 1. The molecule has 0 spiro atoms. The van der Waals surface area contributed by atoms with E-state index in [0.29, 0.717) is 12.2 Å². The van der Waals surface area contributed by atoms with E-state index in [1.807, 2.05) is 36.4 Å². The fourth-order valence-corrected chi connectivity index (χ4v) is 3.66. The Morgan fingerprint density at radius 3 is 2.61 bits per heavy atom. The first-order chi connectivity index (χ1) is 14.7. The molecule has 164 valence electrons. The van der Waals surface area contributed by atoms with Gasteiger partial charge in [-0.3, -0.25) is 4.99 Å². The number of likely N-dealkylation sites (tertiary alicyclic amines) is 1. The third-order valence-electron chi connectivity index (χ3n) is 5.24. The number of aliphatic imine (C=N–C) groups is 1. The summed E-state index contributed by atoms with van der Waals surface area (Å²) in [7, 11) is 1.78. The van der Waals surface area contributed by atoms with Crippen molar-refractivity contribution in [3.8, 4) is 11.4 Å². The van der Waals surface area contributed by atoms with Crippen LogP contribution in [0, 0.1) is 5.82 Å². The average molecular weight is 535 g/mol. The molecular formula is C23H27FIN5O. The number of aromatic nitrogens is 2. The summed E-state index contributed by atoms with van der Waals surface area (Å²) in [6.45, 7) is 2.24. The Balaban J connectivity index is 0.00000272. The number of ether oxygens (including phenoxy) is 1. The van der Waals surface area contributed by atoms with Crippen molar-refractivity contribution in [2.45, 2.75) is 25.5 Å². The molecule has 1 N–H and O–H groups in total. The molecule has 3 aromatic rings. The van der Waals surface area contributed by atoms with Gasteiger partial charge in [-0.1, -0.05) is 24.3 Å². The molecule has 2 heterocycles. The molecule has 31 heavy (non-hydrogen) atoms. The van der Waals surface area contributed by atoms with Gasteiger partial charge in [-0.2, -0.15) is 0 Å². The standard InChI is InChI=1S/C23H26FN5O.HI/c1-25-23(28-12-9-20(10-13-28)30-19-5-3-2-4-6-19)27-16-18-7-8-22(21(24)15-18)29-14-11-26-17-29;/h2-8,11,14-15,17,20H,9-10,12-13,16H2,1H3,(H,25,27);1H. The van der Waals surface area contributed by atoms with Crippen LogP contribution in [0.25, 0.3) is 5.69 Å². The van der Waals surface area contributed by atoms with Crippen molar-refractivity contribution in [1.82, 2.24) is 19.8 Å². The Morgan fingerprint density at radius 1 is 1.19 bits per heavy atom. The van der Waals surface area contributed by atoms with Gasteiger partial charge < -0.3 is 19.5 Å². The number of halogens is 2. The summed E-state index contributed by atoms with van der Waals surface area (Å²) in [4.78, 5) is 10.6. The fourth-order valence-electron chi connectivity index (χ4n) is 3.66. The van der Waals surface area contributed by atoms with Gasteiger partial charge in [0, 0.05) is 51.9 Å². The highest BCUT2D eigenvalue weighted by atomic mass is 127. The van der Waals surface area contributed by atoms with Gasteiger partial charge in [0.1, 0.15) is 17.7 Å². The summed E-state index contributed by atoms with van der Waals surface area (Å²) in [6.07, 6.45) is 7.03. The molecule has 1 aromatic heterocycles. The summed E-state index contributed by atoms with van der Waals surface area (Å²) >= 11 is 0. The van der Waals surface area contributed by atoms with E-state index in [-0.39, 0.29) is 35.9 Å². The molecule has 0 unspecified atom stereocenters. The largest absolute Gasteiger partial charge is 0.490 e. The molecular weight excluding hydrogens is 508 g/mol. The minimum Gasteiger partial charge on any atom is -0.490 e. The second-order valence-corrected chi connectivity index (χ2v) is 7.27. The number of hydrogen-bond donors (Lipinski definition) is 1. The molecule has 2 aromatic carbocycles. The smallest absolute Gasteiger partial charge is 0.193 e. The highest BCUT2D eigenvalue weighted by Crippen LogP contribution is 2.19. The maximum Gasteiger partial charge on any atom is 0.193 e. The van der Waals surface area contributed by atoms with Crippen LogP contribution in [0.3, 0.4) is 0 Å². The number of nitrogens with one attached hydrogen (secondary N) is 1. The summed E-state index contributed by atoms with van der Waals surface area (Å²) in [5, 5.41) is 3.35. The van der Waals surface area contributed by atoms with E-state index in [1.165, 1.54) is 0 Å². The lowest BCUT2D eigenvalue weighted by Gasteiger charge is -2.34. The van der Waals surface area contributed by atoms with E-state index < -0.39 is 0 Å². The highest BCUT2D eigenvalue weighted by Gasteiger charge is 2.22. The normalized spacial score (nSPS) is 14.8. The number of imidazole rings is 1. The predicted octanol–water partition coefficient (Wildman–Crippen LogP) is 4.25. The van der Waals surface area contributed by atoms with Crippen LogP contribution in [0.15, 0.2) is 72.2 Å². The van der Waals surface area contributed by atoms with Crippen molar-refractivity contribution in [1.29, 1.82) is 0 Å². The Bertz CT molecular complexity index is 973. The van der Waals surface area contributed by atoms with Crippen LogP contribution in [0.4, 0.5) is 4.39 Å². The van der Waals surface area contributed by atoms with Crippen LogP contribution in [0.2, 0.25) is 0 Å². The van der Waals surface area contributed by atoms with E-state index in [4.69, 9.17) is 4.74 Å². The summed E-state index contributed by atoms with van der Waals surface area (Å²) in [6, 6.07) is 15.2. The molecule has 6 nitrogen and oxygen atoms in total. The lowest BCUT2D eigenvalue weighted by molar-refractivity contribution is 0.129. The Morgan fingerprint density at radius 2 is 1.97 bits per heavy atom. The van der Waals surface area contributed by atoms with Crippen molar-refractivity contribution in [3.63, 3.8) is 0 Å². The van der Waals surface area contributed by atoms with Crippen molar-refractivity contribution in [2.24, 2.45) is 4.99 Å². The Kier molecular flexibility index (Phi) is 8.27. The highest BCUT2D eigenvalue weighted by molar-refractivity contribution is 14.0. The van der Waals surface area contributed by atoms with Gasteiger partial charge in [0.15, 0.2) is 5.96 Å². The summed E-state index contributed by atoms with van der Waals surface area (Å²) in [5.41, 5.74) is 1.35. The summed E-state index contributed by atoms with van der Waals surface area (Å²) < 4.78 is 22.2. The topological polar surface area (TPSA) is 54.7 Å². The van der Waals surface area contributed by atoms with Crippen LogP contribution in [0.5, 0.6) is 5.75 Å². The first kappa shape index (κ1) is 23.1. The zero-order chi connectivity index (χ0) is 20.8. The number of piperidine rings is 1. The number of benzene rings is 2.